The maximum Gasteiger partial charge on any atom is 0.224 e. The Labute approximate surface area is 93.7 Å². The van der Waals surface area contributed by atoms with Gasteiger partial charge >= 0.3 is 0 Å². The van der Waals surface area contributed by atoms with Gasteiger partial charge in [0, 0.05) is 17.8 Å². The van der Waals surface area contributed by atoms with Gasteiger partial charge < -0.3 is 10.4 Å². The Hall–Kier alpha value is -0.870. The van der Waals surface area contributed by atoms with E-state index in [2.05, 4.69) is 15.3 Å². The van der Waals surface area contributed by atoms with E-state index in [4.69, 9.17) is 16.7 Å². The molecular weight excluding hydrogens is 214 g/mol. The van der Waals surface area contributed by atoms with E-state index in [-0.39, 0.29) is 11.9 Å². The Morgan fingerprint density at radius 3 is 2.87 bits per heavy atom. The highest BCUT2D eigenvalue weighted by Gasteiger charge is 2.16. The normalized spacial score (nSPS) is 16.9. The van der Waals surface area contributed by atoms with Gasteiger partial charge in [0.1, 0.15) is 5.82 Å². The third-order valence-electron chi connectivity index (χ3n) is 2.70. The lowest BCUT2D eigenvalue weighted by Gasteiger charge is -2.14. The van der Waals surface area contributed by atoms with E-state index in [0.717, 1.165) is 12.8 Å². The molecule has 1 aliphatic carbocycles. The Bertz CT molecular complexity index is 339. The average molecular weight is 228 g/mol. The highest BCUT2D eigenvalue weighted by atomic mass is 35.5. The molecule has 0 radical (unpaired) electrons. The zero-order valence-corrected chi connectivity index (χ0v) is 9.17. The minimum atomic E-state index is -0.0633. The van der Waals surface area contributed by atoms with Crippen LogP contribution in [0.3, 0.4) is 0 Å². The van der Waals surface area contributed by atoms with Crippen LogP contribution in [0, 0.1) is 0 Å². The molecule has 0 amide bonds. The van der Waals surface area contributed by atoms with Crippen LogP contribution < -0.4 is 5.32 Å². The summed E-state index contributed by atoms with van der Waals surface area (Å²) in [6.45, 7) is -0.0633. The lowest BCUT2D eigenvalue weighted by atomic mass is 10.2. The van der Waals surface area contributed by atoms with Crippen LogP contribution in [-0.4, -0.2) is 21.1 Å². The molecule has 1 heterocycles. The minimum absolute atomic E-state index is 0.0633. The third-order valence-corrected chi connectivity index (χ3v) is 2.88. The SMILES string of the molecule is OCc1cnc(Cl)nc1NC1CCCC1. The standard InChI is InChI=1S/C10H14ClN3O/c11-10-12-5-7(6-15)9(14-10)13-8-3-1-2-4-8/h5,8,15H,1-4,6H2,(H,12,13,14). The molecule has 1 fully saturated rings. The van der Waals surface area contributed by atoms with Gasteiger partial charge in [0.25, 0.3) is 0 Å². The highest BCUT2D eigenvalue weighted by molar-refractivity contribution is 6.28. The Morgan fingerprint density at radius 1 is 1.47 bits per heavy atom. The number of anilines is 1. The van der Waals surface area contributed by atoms with Crippen molar-refractivity contribution in [1.82, 2.24) is 9.97 Å². The molecule has 2 rings (SSSR count). The van der Waals surface area contributed by atoms with Gasteiger partial charge in [-0.05, 0) is 24.4 Å². The fourth-order valence-electron chi connectivity index (χ4n) is 1.89. The number of rotatable bonds is 3. The molecule has 0 aliphatic heterocycles. The summed E-state index contributed by atoms with van der Waals surface area (Å²) in [6, 6.07) is 0.460. The van der Waals surface area contributed by atoms with Gasteiger partial charge in [0.05, 0.1) is 6.61 Å². The van der Waals surface area contributed by atoms with Gasteiger partial charge in [0.15, 0.2) is 0 Å². The topological polar surface area (TPSA) is 58.0 Å². The lowest BCUT2D eigenvalue weighted by molar-refractivity contribution is 0.281. The van der Waals surface area contributed by atoms with Crippen molar-refractivity contribution in [2.45, 2.75) is 38.3 Å². The molecule has 0 saturated heterocycles. The van der Waals surface area contributed by atoms with E-state index in [1.54, 1.807) is 6.20 Å². The van der Waals surface area contributed by atoms with Crippen molar-refractivity contribution < 1.29 is 5.11 Å². The van der Waals surface area contributed by atoms with Gasteiger partial charge in [-0.15, -0.1) is 0 Å². The molecule has 82 valence electrons. The quantitative estimate of drug-likeness (QED) is 0.776. The van der Waals surface area contributed by atoms with Crippen molar-refractivity contribution in [3.05, 3.63) is 17.0 Å². The number of aromatic nitrogens is 2. The van der Waals surface area contributed by atoms with Crippen molar-refractivity contribution >= 4 is 17.4 Å². The molecule has 0 atom stereocenters. The predicted molar refractivity (Wildman–Crippen MR) is 58.8 cm³/mol. The largest absolute Gasteiger partial charge is 0.391 e. The molecule has 0 aromatic carbocycles. The van der Waals surface area contributed by atoms with Gasteiger partial charge in [-0.2, -0.15) is 0 Å². The summed E-state index contributed by atoms with van der Waals surface area (Å²) in [5.74, 6) is 0.671. The second-order valence-electron chi connectivity index (χ2n) is 3.80. The van der Waals surface area contributed by atoms with Crippen molar-refractivity contribution in [1.29, 1.82) is 0 Å². The Balaban J connectivity index is 2.14. The van der Waals surface area contributed by atoms with Crippen LogP contribution in [0.5, 0.6) is 0 Å². The second-order valence-corrected chi connectivity index (χ2v) is 4.13. The molecule has 15 heavy (non-hydrogen) atoms. The van der Waals surface area contributed by atoms with E-state index in [9.17, 15) is 0 Å². The number of aliphatic hydroxyl groups is 1. The summed E-state index contributed by atoms with van der Waals surface area (Å²) < 4.78 is 0. The van der Waals surface area contributed by atoms with Gasteiger partial charge in [-0.1, -0.05) is 12.8 Å². The van der Waals surface area contributed by atoms with Crippen molar-refractivity contribution in [3.63, 3.8) is 0 Å². The fourth-order valence-corrected chi connectivity index (χ4v) is 2.02. The molecule has 1 aromatic heterocycles. The second kappa shape index (κ2) is 4.77. The van der Waals surface area contributed by atoms with Crippen molar-refractivity contribution in [2.75, 3.05) is 5.32 Å². The summed E-state index contributed by atoms with van der Waals surface area (Å²) >= 11 is 5.72. The molecule has 0 bridgehead atoms. The van der Waals surface area contributed by atoms with Crippen LogP contribution >= 0.6 is 11.6 Å². The summed E-state index contributed by atoms with van der Waals surface area (Å²) in [4.78, 5) is 7.93. The summed E-state index contributed by atoms with van der Waals surface area (Å²) in [7, 11) is 0. The number of hydrogen-bond acceptors (Lipinski definition) is 4. The van der Waals surface area contributed by atoms with Crippen LogP contribution in [0.4, 0.5) is 5.82 Å². The summed E-state index contributed by atoms with van der Waals surface area (Å²) in [6.07, 6.45) is 6.39. The molecule has 1 aromatic rings. The monoisotopic (exact) mass is 227 g/mol. The molecular formula is C10H14ClN3O. The number of hydrogen-bond donors (Lipinski definition) is 2. The first-order chi connectivity index (χ1) is 7.29. The molecule has 1 saturated carbocycles. The maximum atomic E-state index is 9.12. The lowest BCUT2D eigenvalue weighted by Crippen LogP contribution is -2.17. The molecule has 0 spiro atoms. The average Bonchev–Trinajstić information content (AvgIpc) is 2.71. The van der Waals surface area contributed by atoms with E-state index in [1.807, 2.05) is 0 Å². The zero-order valence-electron chi connectivity index (χ0n) is 8.41. The van der Waals surface area contributed by atoms with E-state index >= 15 is 0 Å². The number of aliphatic hydroxyl groups excluding tert-OH is 1. The van der Waals surface area contributed by atoms with Gasteiger partial charge in [-0.3, -0.25) is 0 Å². The number of halogens is 1. The van der Waals surface area contributed by atoms with Crippen molar-refractivity contribution in [2.24, 2.45) is 0 Å². The first-order valence-corrected chi connectivity index (χ1v) is 5.56. The van der Waals surface area contributed by atoms with E-state index in [0.29, 0.717) is 17.4 Å². The zero-order chi connectivity index (χ0) is 10.7. The minimum Gasteiger partial charge on any atom is -0.391 e. The van der Waals surface area contributed by atoms with Gasteiger partial charge in [0.2, 0.25) is 5.28 Å². The van der Waals surface area contributed by atoms with Gasteiger partial charge in [-0.25, -0.2) is 9.97 Å². The molecule has 2 N–H and O–H groups in total. The number of nitrogens with zero attached hydrogens (tertiary/aromatic N) is 2. The molecule has 0 unspecified atom stereocenters. The highest BCUT2D eigenvalue weighted by Crippen LogP contribution is 2.23. The molecule has 4 nitrogen and oxygen atoms in total. The third kappa shape index (κ3) is 2.58. The number of nitrogens with one attached hydrogen (secondary N) is 1. The van der Waals surface area contributed by atoms with E-state index in [1.165, 1.54) is 12.8 Å². The van der Waals surface area contributed by atoms with Crippen LogP contribution in [-0.2, 0) is 6.61 Å². The Kier molecular flexibility index (Phi) is 3.38. The first kappa shape index (κ1) is 10.6. The van der Waals surface area contributed by atoms with Crippen LogP contribution in [0.2, 0.25) is 5.28 Å². The summed E-state index contributed by atoms with van der Waals surface area (Å²) in [5, 5.41) is 12.6. The van der Waals surface area contributed by atoms with Crippen LogP contribution in [0.25, 0.3) is 0 Å². The predicted octanol–water partition coefficient (Wildman–Crippen LogP) is 1.98. The molecule has 1 aliphatic rings. The smallest absolute Gasteiger partial charge is 0.224 e. The first-order valence-electron chi connectivity index (χ1n) is 5.18. The molecule has 5 heteroatoms. The van der Waals surface area contributed by atoms with Crippen molar-refractivity contribution in [3.8, 4) is 0 Å². The van der Waals surface area contributed by atoms with Crippen LogP contribution in [0.1, 0.15) is 31.2 Å². The van der Waals surface area contributed by atoms with E-state index < -0.39 is 0 Å². The van der Waals surface area contributed by atoms with Crippen LogP contribution in [0.15, 0.2) is 6.20 Å². The fraction of sp³-hybridized carbons (Fsp3) is 0.600. The summed E-state index contributed by atoms with van der Waals surface area (Å²) in [5.41, 5.74) is 0.700. The maximum absolute atomic E-state index is 9.12. The Morgan fingerprint density at radius 2 is 2.20 bits per heavy atom.